The number of primary amides is 1. The third-order valence-electron chi connectivity index (χ3n) is 3.10. The molecule has 0 spiro atoms. The average molecular weight is 213 g/mol. The SMILES string of the molecule is CC(N)C(=O)NCC1(C(N)=O)CCCC1. The molecule has 2 amide bonds. The van der Waals surface area contributed by atoms with Gasteiger partial charge >= 0.3 is 0 Å². The molecule has 0 aromatic carbocycles. The number of hydrogen-bond donors (Lipinski definition) is 3. The van der Waals surface area contributed by atoms with Crippen LogP contribution in [0.1, 0.15) is 32.6 Å². The van der Waals surface area contributed by atoms with Crippen LogP contribution in [0.25, 0.3) is 0 Å². The van der Waals surface area contributed by atoms with Crippen molar-refractivity contribution < 1.29 is 9.59 Å². The number of nitrogens with one attached hydrogen (secondary N) is 1. The molecule has 5 N–H and O–H groups in total. The molecule has 1 fully saturated rings. The lowest BCUT2D eigenvalue weighted by molar-refractivity contribution is -0.128. The molecular formula is C10H19N3O2. The van der Waals surface area contributed by atoms with E-state index in [2.05, 4.69) is 5.32 Å². The topological polar surface area (TPSA) is 98.2 Å². The zero-order chi connectivity index (χ0) is 11.5. The second kappa shape index (κ2) is 4.61. The minimum absolute atomic E-state index is 0.234. The van der Waals surface area contributed by atoms with Crippen LogP contribution in [0.15, 0.2) is 0 Å². The molecule has 1 unspecified atom stereocenters. The Hall–Kier alpha value is -1.10. The Balaban J connectivity index is 2.53. The summed E-state index contributed by atoms with van der Waals surface area (Å²) < 4.78 is 0. The van der Waals surface area contributed by atoms with E-state index < -0.39 is 11.5 Å². The Bertz CT molecular complexity index is 257. The van der Waals surface area contributed by atoms with E-state index in [1.165, 1.54) is 0 Å². The quantitative estimate of drug-likeness (QED) is 0.587. The van der Waals surface area contributed by atoms with Gasteiger partial charge in [-0.05, 0) is 19.8 Å². The molecular weight excluding hydrogens is 194 g/mol. The van der Waals surface area contributed by atoms with Crippen LogP contribution in [0.2, 0.25) is 0 Å². The third-order valence-corrected chi connectivity index (χ3v) is 3.10. The lowest BCUT2D eigenvalue weighted by Crippen LogP contribution is -2.48. The zero-order valence-corrected chi connectivity index (χ0v) is 9.08. The lowest BCUT2D eigenvalue weighted by atomic mass is 9.85. The van der Waals surface area contributed by atoms with Gasteiger partial charge in [-0.15, -0.1) is 0 Å². The second-order valence-corrected chi connectivity index (χ2v) is 4.36. The number of rotatable bonds is 4. The number of amides is 2. The molecule has 0 aliphatic heterocycles. The first kappa shape index (κ1) is 12.0. The fraction of sp³-hybridized carbons (Fsp3) is 0.800. The highest BCUT2D eigenvalue weighted by atomic mass is 16.2. The Morgan fingerprint density at radius 1 is 1.40 bits per heavy atom. The van der Waals surface area contributed by atoms with Gasteiger partial charge in [-0.3, -0.25) is 9.59 Å². The summed E-state index contributed by atoms with van der Waals surface area (Å²) in [7, 11) is 0. The van der Waals surface area contributed by atoms with Crippen molar-refractivity contribution >= 4 is 11.8 Å². The predicted octanol–water partition coefficient (Wildman–Crippen LogP) is -0.505. The van der Waals surface area contributed by atoms with Crippen molar-refractivity contribution in [1.29, 1.82) is 0 Å². The van der Waals surface area contributed by atoms with Crippen molar-refractivity contribution in [3.05, 3.63) is 0 Å². The Kier molecular flexibility index (Phi) is 3.68. The van der Waals surface area contributed by atoms with Gasteiger partial charge in [0, 0.05) is 6.54 Å². The molecule has 5 heteroatoms. The van der Waals surface area contributed by atoms with Gasteiger partial charge in [-0.1, -0.05) is 12.8 Å². The van der Waals surface area contributed by atoms with Crippen molar-refractivity contribution in [2.75, 3.05) is 6.54 Å². The van der Waals surface area contributed by atoms with E-state index in [4.69, 9.17) is 11.5 Å². The second-order valence-electron chi connectivity index (χ2n) is 4.36. The average Bonchev–Trinajstić information content (AvgIpc) is 2.63. The van der Waals surface area contributed by atoms with E-state index >= 15 is 0 Å². The third kappa shape index (κ3) is 2.68. The minimum Gasteiger partial charge on any atom is -0.369 e. The Morgan fingerprint density at radius 2 is 1.93 bits per heavy atom. The van der Waals surface area contributed by atoms with Gasteiger partial charge in [-0.2, -0.15) is 0 Å². The largest absolute Gasteiger partial charge is 0.369 e. The maximum absolute atomic E-state index is 11.3. The van der Waals surface area contributed by atoms with Gasteiger partial charge in [0.05, 0.1) is 11.5 Å². The molecule has 0 saturated heterocycles. The maximum Gasteiger partial charge on any atom is 0.236 e. The summed E-state index contributed by atoms with van der Waals surface area (Å²) in [6.45, 7) is 1.93. The predicted molar refractivity (Wildman–Crippen MR) is 56.8 cm³/mol. The van der Waals surface area contributed by atoms with Gasteiger partial charge in [0.15, 0.2) is 0 Å². The summed E-state index contributed by atoms with van der Waals surface area (Å²) in [5.74, 6) is -0.549. The van der Waals surface area contributed by atoms with Crippen LogP contribution in [0.3, 0.4) is 0 Å². The van der Waals surface area contributed by atoms with Crippen LogP contribution < -0.4 is 16.8 Å². The fourth-order valence-corrected chi connectivity index (χ4v) is 1.98. The standard InChI is InChI=1S/C10H19N3O2/c1-7(11)8(14)13-6-10(9(12)15)4-2-3-5-10/h7H,2-6,11H2,1H3,(H2,12,15)(H,13,14). The van der Waals surface area contributed by atoms with Gasteiger partial charge in [-0.25, -0.2) is 0 Å². The van der Waals surface area contributed by atoms with E-state index in [9.17, 15) is 9.59 Å². The van der Waals surface area contributed by atoms with E-state index in [-0.39, 0.29) is 11.8 Å². The smallest absolute Gasteiger partial charge is 0.236 e. The summed E-state index contributed by atoms with van der Waals surface area (Å²) >= 11 is 0. The number of carbonyl (C=O) groups is 2. The van der Waals surface area contributed by atoms with Crippen molar-refractivity contribution in [2.24, 2.45) is 16.9 Å². The maximum atomic E-state index is 11.3. The molecule has 0 aromatic heterocycles. The van der Waals surface area contributed by atoms with Gasteiger partial charge < -0.3 is 16.8 Å². The highest BCUT2D eigenvalue weighted by molar-refractivity contribution is 5.84. The highest BCUT2D eigenvalue weighted by Crippen LogP contribution is 2.37. The summed E-state index contributed by atoms with van der Waals surface area (Å²) in [4.78, 5) is 22.6. The first-order valence-corrected chi connectivity index (χ1v) is 5.31. The molecule has 5 nitrogen and oxygen atoms in total. The first-order chi connectivity index (χ1) is 6.98. The zero-order valence-electron chi connectivity index (χ0n) is 9.08. The molecule has 0 aromatic rings. The summed E-state index contributed by atoms with van der Waals surface area (Å²) in [5, 5.41) is 2.68. The number of carbonyl (C=O) groups excluding carboxylic acids is 2. The van der Waals surface area contributed by atoms with Gasteiger partial charge in [0.2, 0.25) is 11.8 Å². The highest BCUT2D eigenvalue weighted by Gasteiger charge is 2.39. The summed E-state index contributed by atoms with van der Waals surface area (Å²) in [6.07, 6.45) is 3.52. The molecule has 0 radical (unpaired) electrons. The number of nitrogens with two attached hydrogens (primary N) is 2. The van der Waals surface area contributed by atoms with Crippen LogP contribution >= 0.6 is 0 Å². The molecule has 0 heterocycles. The molecule has 15 heavy (non-hydrogen) atoms. The molecule has 86 valence electrons. The molecule has 1 atom stereocenters. The molecule has 1 aliphatic carbocycles. The van der Waals surface area contributed by atoms with Crippen LogP contribution in [-0.2, 0) is 9.59 Å². The van der Waals surface area contributed by atoms with Crippen molar-refractivity contribution in [3.63, 3.8) is 0 Å². The molecule has 1 aliphatic rings. The van der Waals surface area contributed by atoms with Crippen molar-refractivity contribution in [3.8, 4) is 0 Å². The van der Waals surface area contributed by atoms with E-state index in [0.717, 1.165) is 25.7 Å². The summed E-state index contributed by atoms with van der Waals surface area (Å²) in [6, 6.07) is -0.545. The molecule has 1 rings (SSSR count). The molecule has 1 saturated carbocycles. The van der Waals surface area contributed by atoms with Gasteiger partial charge in [0.25, 0.3) is 0 Å². The molecule has 0 bridgehead atoms. The lowest BCUT2D eigenvalue weighted by Gasteiger charge is -2.25. The van der Waals surface area contributed by atoms with E-state index in [0.29, 0.717) is 6.54 Å². The van der Waals surface area contributed by atoms with E-state index in [1.807, 2.05) is 0 Å². The Labute approximate surface area is 89.6 Å². The summed E-state index contributed by atoms with van der Waals surface area (Å²) in [5.41, 5.74) is 10.2. The van der Waals surface area contributed by atoms with Crippen molar-refractivity contribution in [2.45, 2.75) is 38.6 Å². The first-order valence-electron chi connectivity index (χ1n) is 5.31. The van der Waals surface area contributed by atoms with Crippen LogP contribution in [0.5, 0.6) is 0 Å². The number of hydrogen-bond acceptors (Lipinski definition) is 3. The van der Waals surface area contributed by atoms with Crippen molar-refractivity contribution in [1.82, 2.24) is 5.32 Å². The van der Waals surface area contributed by atoms with E-state index in [1.54, 1.807) is 6.92 Å². The Morgan fingerprint density at radius 3 is 2.33 bits per heavy atom. The van der Waals surface area contributed by atoms with Crippen LogP contribution in [-0.4, -0.2) is 24.4 Å². The van der Waals surface area contributed by atoms with Crippen LogP contribution in [0, 0.1) is 5.41 Å². The fourth-order valence-electron chi connectivity index (χ4n) is 1.98. The van der Waals surface area contributed by atoms with Gasteiger partial charge in [0.1, 0.15) is 0 Å². The minimum atomic E-state index is -0.545. The normalized spacial score (nSPS) is 20.9. The monoisotopic (exact) mass is 213 g/mol. The van der Waals surface area contributed by atoms with Crippen LogP contribution in [0.4, 0.5) is 0 Å².